The topological polar surface area (TPSA) is 70.8 Å². The molecule has 0 aliphatic heterocycles. The summed E-state index contributed by atoms with van der Waals surface area (Å²) < 4.78 is 22.0. The number of aryl methyl sites for hydroxylation is 1. The van der Waals surface area contributed by atoms with Gasteiger partial charge in [-0.25, -0.2) is 4.98 Å². The van der Waals surface area contributed by atoms with Crippen molar-refractivity contribution in [2.24, 2.45) is 0 Å². The predicted molar refractivity (Wildman–Crippen MR) is 95.9 cm³/mol. The third kappa shape index (κ3) is 3.69. The summed E-state index contributed by atoms with van der Waals surface area (Å²) in [5, 5.41) is 0. The van der Waals surface area contributed by atoms with E-state index in [0.717, 1.165) is 17.6 Å². The second-order valence-electron chi connectivity index (χ2n) is 5.57. The van der Waals surface area contributed by atoms with Crippen molar-refractivity contribution in [3.8, 4) is 28.7 Å². The number of oxazole rings is 1. The number of benzene rings is 2. The highest BCUT2D eigenvalue weighted by Crippen LogP contribution is 2.29. The third-order valence-electron chi connectivity index (χ3n) is 3.92. The van der Waals surface area contributed by atoms with Crippen molar-refractivity contribution < 1.29 is 23.4 Å². The van der Waals surface area contributed by atoms with Gasteiger partial charge in [-0.3, -0.25) is 4.79 Å². The lowest BCUT2D eigenvalue weighted by Crippen LogP contribution is -2.00. The summed E-state index contributed by atoms with van der Waals surface area (Å²) in [4.78, 5) is 15.4. The maximum absolute atomic E-state index is 10.9. The van der Waals surface area contributed by atoms with Crippen LogP contribution in [0, 0.1) is 6.92 Å². The van der Waals surface area contributed by atoms with Crippen LogP contribution in [0.25, 0.3) is 11.5 Å². The summed E-state index contributed by atoms with van der Waals surface area (Å²) in [5.74, 6) is 3.00. The fraction of sp³-hybridized carbons (Fsp3) is 0.200. The van der Waals surface area contributed by atoms with Crippen LogP contribution in [-0.4, -0.2) is 25.5 Å². The maximum atomic E-state index is 10.9. The number of hydrogen-bond donors (Lipinski definition) is 0. The van der Waals surface area contributed by atoms with Crippen molar-refractivity contribution >= 4 is 6.29 Å². The van der Waals surface area contributed by atoms with Crippen LogP contribution in [0.3, 0.4) is 0 Å². The molecule has 0 fully saturated rings. The van der Waals surface area contributed by atoms with Crippen LogP contribution in [0.4, 0.5) is 0 Å². The molecule has 0 N–H and O–H groups in total. The highest BCUT2D eigenvalue weighted by atomic mass is 16.5. The molecule has 1 heterocycles. The number of aldehydes is 1. The van der Waals surface area contributed by atoms with Gasteiger partial charge in [0.2, 0.25) is 5.89 Å². The highest BCUT2D eigenvalue weighted by molar-refractivity contribution is 5.76. The summed E-state index contributed by atoms with van der Waals surface area (Å²) >= 11 is 0. The fourth-order valence-electron chi connectivity index (χ4n) is 2.44. The first-order valence-corrected chi connectivity index (χ1v) is 8.01. The van der Waals surface area contributed by atoms with Crippen LogP contribution in [0.1, 0.15) is 21.8 Å². The van der Waals surface area contributed by atoms with Gasteiger partial charge in [0.15, 0.2) is 11.5 Å². The molecule has 0 aliphatic carbocycles. The van der Waals surface area contributed by atoms with Gasteiger partial charge in [-0.1, -0.05) is 0 Å². The molecule has 0 saturated heterocycles. The quantitative estimate of drug-likeness (QED) is 0.597. The average Bonchev–Trinajstić information content (AvgIpc) is 3.06. The van der Waals surface area contributed by atoms with Crippen LogP contribution in [0.2, 0.25) is 0 Å². The molecule has 0 saturated carbocycles. The number of carbonyl (C=O) groups is 1. The average molecular weight is 353 g/mol. The SMILES string of the molecule is COc1ccc(-c2nc(COc3ccc(C=O)cc3OC)c(C)o2)cc1. The number of methoxy groups -OCH3 is 2. The predicted octanol–water partition coefficient (Wildman–Crippen LogP) is 4.06. The second kappa shape index (κ2) is 7.74. The monoisotopic (exact) mass is 353 g/mol. The smallest absolute Gasteiger partial charge is 0.226 e. The van der Waals surface area contributed by atoms with Gasteiger partial charge in [0, 0.05) is 11.1 Å². The van der Waals surface area contributed by atoms with Crippen molar-refractivity contribution in [1.82, 2.24) is 4.98 Å². The lowest BCUT2D eigenvalue weighted by molar-refractivity contribution is 0.112. The van der Waals surface area contributed by atoms with E-state index < -0.39 is 0 Å². The Kier molecular flexibility index (Phi) is 5.22. The zero-order chi connectivity index (χ0) is 18.5. The van der Waals surface area contributed by atoms with Gasteiger partial charge in [0.05, 0.1) is 14.2 Å². The molecule has 0 atom stereocenters. The number of carbonyl (C=O) groups excluding carboxylic acids is 1. The van der Waals surface area contributed by atoms with E-state index in [2.05, 4.69) is 4.98 Å². The minimum absolute atomic E-state index is 0.224. The summed E-state index contributed by atoms with van der Waals surface area (Å²) in [6, 6.07) is 12.5. The number of aromatic nitrogens is 1. The Morgan fingerprint density at radius 1 is 1.04 bits per heavy atom. The van der Waals surface area contributed by atoms with Gasteiger partial charge in [0.25, 0.3) is 0 Å². The molecule has 134 valence electrons. The van der Waals surface area contributed by atoms with Gasteiger partial charge < -0.3 is 18.6 Å². The van der Waals surface area contributed by atoms with Crippen molar-refractivity contribution in [1.29, 1.82) is 0 Å². The van der Waals surface area contributed by atoms with E-state index in [9.17, 15) is 4.79 Å². The molecule has 26 heavy (non-hydrogen) atoms. The largest absolute Gasteiger partial charge is 0.497 e. The summed E-state index contributed by atoms with van der Waals surface area (Å²) in [6.07, 6.45) is 0.759. The first-order valence-electron chi connectivity index (χ1n) is 8.01. The molecule has 3 rings (SSSR count). The number of ether oxygens (including phenoxy) is 3. The lowest BCUT2D eigenvalue weighted by atomic mass is 10.2. The molecule has 1 aromatic heterocycles. The van der Waals surface area contributed by atoms with Gasteiger partial charge in [-0.05, 0) is 49.4 Å². The highest BCUT2D eigenvalue weighted by Gasteiger charge is 2.13. The van der Waals surface area contributed by atoms with E-state index in [0.29, 0.717) is 34.4 Å². The van der Waals surface area contributed by atoms with E-state index in [1.807, 2.05) is 31.2 Å². The second-order valence-corrected chi connectivity index (χ2v) is 5.57. The van der Waals surface area contributed by atoms with Crippen LogP contribution < -0.4 is 14.2 Å². The van der Waals surface area contributed by atoms with Crippen LogP contribution in [-0.2, 0) is 6.61 Å². The third-order valence-corrected chi connectivity index (χ3v) is 3.92. The standard InChI is InChI=1S/C20H19NO5/c1-13-17(12-25-18-9-4-14(11-22)10-19(18)24-3)21-20(26-13)15-5-7-16(23-2)8-6-15/h4-11H,12H2,1-3H3. The normalized spacial score (nSPS) is 10.4. The lowest BCUT2D eigenvalue weighted by Gasteiger charge is -2.10. The van der Waals surface area contributed by atoms with Crippen molar-refractivity contribution in [2.45, 2.75) is 13.5 Å². The Hall–Kier alpha value is -3.28. The minimum atomic E-state index is 0.224. The molecule has 0 radical (unpaired) electrons. The van der Waals surface area contributed by atoms with Crippen LogP contribution in [0.15, 0.2) is 46.9 Å². The first-order chi connectivity index (χ1) is 12.6. The number of hydrogen-bond acceptors (Lipinski definition) is 6. The van der Waals surface area contributed by atoms with Gasteiger partial charge in [-0.2, -0.15) is 0 Å². The molecule has 0 aliphatic rings. The van der Waals surface area contributed by atoms with E-state index in [1.54, 1.807) is 25.3 Å². The number of nitrogens with zero attached hydrogens (tertiary/aromatic N) is 1. The van der Waals surface area contributed by atoms with E-state index in [4.69, 9.17) is 18.6 Å². The zero-order valence-electron chi connectivity index (χ0n) is 14.8. The van der Waals surface area contributed by atoms with Crippen molar-refractivity contribution in [3.63, 3.8) is 0 Å². The summed E-state index contributed by atoms with van der Waals surface area (Å²) in [5.41, 5.74) is 2.07. The molecule has 2 aromatic carbocycles. The van der Waals surface area contributed by atoms with Crippen molar-refractivity contribution in [3.05, 3.63) is 59.5 Å². The Bertz CT molecular complexity index is 899. The molecule has 0 spiro atoms. The summed E-state index contributed by atoms with van der Waals surface area (Å²) in [6.45, 7) is 2.06. The summed E-state index contributed by atoms with van der Waals surface area (Å²) in [7, 11) is 3.15. The zero-order valence-corrected chi connectivity index (χ0v) is 14.8. The van der Waals surface area contributed by atoms with Gasteiger partial charge in [0.1, 0.15) is 30.1 Å². The van der Waals surface area contributed by atoms with Gasteiger partial charge in [-0.15, -0.1) is 0 Å². The Morgan fingerprint density at radius 2 is 1.81 bits per heavy atom. The van der Waals surface area contributed by atoms with Crippen LogP contribution >= 0.6 is 0 Å². The minimum Gasteiger partial charge on any atom is -0.497 e. The molecule has 0 amide bonds. The van der Waals surface area contributed by atoms with E-state index in [-0.39, 0.29) is 6.61 Å². The van der Waals surface area contributed by atoms with Crippen LogP contribution in [0.5, 0.6) is 17.2 Å². The molecule has 3 aromatic rings. The molecule has 6 heteroatoms. The Labute approximate surface area is 151 Å². The molecular weight excluding hydrogens is 334 g/mol. The fourth-order valence-corrected chi connectivity index (χ4v) is 2.44. The molecule has 0 unspecified atom stereocenters. The van der Waals surface area contributed by atoms with E-state index in [1.165, 1.54) is 7.11 Å². The molecular formula is C20H19NO5. The Morgan fingerprint density at radius 3 is 2.46 bits per heavy atom. The molecule has 0 bridgehead atoms. The van der Waals surface area contributed by atoms with E-state index >= 15 is 0 Å². The van der Waals surface area contributed by atoms with Gasteiger partial charge >= 0.3 is 0 Å². The molecule has 6 nitrogen and oxygen atoms in total. The number of rotatable bonds is 7. The maximum Gasteiger partial charge on any atom is 0.226 e. The Balaban J connectivity index is 1.76. The van der Waals surface area contributed by atoms with Crippen molar-refractivity contribution in [2.75, 3.05) is 14.2 Å². The first kappa shape index (κ1) is 17.5.